The van der Waals surface area contributed by atoms with Gasteiger partial charge in [0.05, 0.1) is 11.0 Å². The minimum Gasteiger partial charge on any atom is -0.348 e. The van der Waals surface area contributed by atoms with Gasteiger partial charge in [-0.3, -0.25) is 19.6 Å². The van der Waals surface area contributed by atoms with E-state index in [4.69, 9.17) is 0 Å². The number of aromatic nitrogens is 3. The Labute approximate surface area is 162 Å². The van der Waals surface area contributed by atoms with E-state index in [1.54, 1.807) is 20.8 Å². The van der Waals surface area contributed by atoms with E-state index in [2.05, 4.69) is 10.4 Å². The van der Waals surface area contributed by atoms with E-state index in [0.29, 0.717) is 11.4 Å². The molecule has 1 aromatic carbocycles. The predicted molar refractivity (Wildman–Crippen MR) is 105 cm³/mol. The van der Waals surface area contributed by atoms with Crippen molar-refractivity contribution in [2.45, 2.75) is 39.8 Å². The highest BCUT2D eigenvalue weighted by Crippen LogP contribution is 2.25. The Bertz CT molecular complexity index is 1010. The maximum Gasteiger partial charge on any atom is 0.312 e. The molecular weight excluding hydrogens is 358 g/mol. The second-order valence-electron chi connectivity index (χ2n) is 6.81. The lowest BCUT2D eigenvalue weighted by Crippen LogP contribution is -2.33. The molecule has 146 valence electrons. The number of nitrogens with zero attached hydrogens (tertiary/aromatic N) is 4. The highest BCUT2D eigenvalue weighted by Gasteiger charge is 2.27. The lowest BCUT2D eigenvalue weighted by atomic mass is 10.1. The number of hydrogen-bond donors (Lipinski definition) is 1. The molecule has 0 saturated carbocycles. The van der Waals surface area contributed by atoms with Crippen LogP contribution >= 0.6 is 0 Å². The molecule has 0 spiro atoms. The molecule has 2 unspecified atom stereocenters. The van der Waals surface area contributed by atoms with Gasteiger partial charge in [-0.1, -0.05) is 12.1 Å². The molecule has 0 aliphatic rings. The Kier molecular flexibility index (Phi) is 5.30. The molecule has 8 nitrogen and oxygen atoms in total. The second kappa shape index (κ2) is 7.67. The average molecular weight is 381 g/mol. The fourth-order valence-corrected chi connectivity index (χ4v) is 3.29. The standard InChI is InChI=1S/C20H23N5O3/c1-13(17-8-7-9-18(12-17)23-10-5-6-11-23)21-20(26)16(4)24-15(3)19(25(27)28)14(2)22-24/h5-13,16H,1-4H3,(H,21,26). The molecule has 3 aromatic rings. The number of rotatable bonds is 6. The van der Waals surface area contributed by atoms with Gasteiger partial charge in [0.2, 0.25) is 5.91 Å². The average Bonchev–Trinajstić information content (AvgIpc) is 3.29. The minimum atomic E-state index is -0.664. The summed E-state index contributed by atoms with van der Waals surface area (Å²) in [5.74, 6) is -0.251. The third kappa shape index (κ3) is 3.66. The van der Waals surface area contributed by atoms with Gasteiger partial charge in [-0.2, -0.15) is 5.10 Å². The normalized spacial score (nSPS) is 13.1. The van der Waals surface area contributed by atoms with Gasteiger partial charge in [-0.15, -0.1) is 0 Å². The van der Waals surface area contributed by atoms with Crippen molar-refractivity contribution < 1.29 is 9.72 Å². The van der Waals surface area contributed by atoms with Gasteiger partial charge in [-0.25, -0.2) is 0 Å². The van der Waals surface area contributed by atoms with Crippen molar-refractivity contribution in [3.05, 3.63) is 75.9 Å². The lowest BCUT2D eigenvalue weighted by Gasteiger charge is -2.19. The molecular formula is C20H23N5O3. The summed E-state index contributed by atoms with van der Waals surface area (Å²) in [5, 5.41) is 18.4. The van der Waals surface area contributed by atoms with Gasteiger partial charge >= 0.3 is 5.69 Å². The van der Waals surface area contributed by atoms with Gasteiger partial charge in [0, 0.05) is 18.1 Å². The Hall–Kier alpha value is -3.42. The van der Waals surface area contributed by atoms with Crippen LogP contribution in [0.25, 0.3) is 5.69 Å². The molecule has 2 aromatic heterocycles. The van der Waals surface area contributed by atoms with Gasteiger partial charge < -0.3 is 9.88 Å². The van der Waals surface area contributed by atoms with Crippen LogP contribution in [0.15, 0.2) is 48.8 Å². The molecule has 8 heteroatoms. The van der Waals surface area contributed by atoms with Gasteiger partial charge in [-0.05, 0) is 57.5 Å². The van der Waals surface area contributed by atoms with E-state index in [1.165, 1.54) is 4.68 Å². The molecule has 2 heterocycles. The van der Waals surface area contributed by atoms with Crippen LogP contribution in [0.4, 0.5) is 5.69 Å². The third-order valence-electron chi connectivity index (χ3n) is 4.85. The zero-order chi connectivity index (χ0) is 20.4. The van der Waals surface area contributed by atoms with E-state index in [1.807, 2.05) is 60.3 Å². The highest BCUT2D eigenvalue weighted by molar-refractivity contribution is 5.80. The number of hydrogen-bond acceptors (Lipinski definition) is 4. The molecule has 0 radical (unpaired) electrons. The van der Waals surface area contributed by atoms with Crippen molar-refractivity contribution in [1.29, 1.82) is 0 Å². The number of nitrogens with one attached hydrogen (secondary N) is 1. The Morgan fingerprint density at radius 1 is 1.18 bits per heavy atom. The molecule has 2 atom stereocenters. The molecule has 0 aliphatic carbocycles. The molecule has 0 aliphatic heterocycles. The summed E-state index contributed by atoms with van der Waals surface area (Å²) in [6, 6.07) is 10.9. The highest BCUT2D eigenvalue weighted by atomic mass is 16.6. The Morgan fingerprint density at radius 2 is 1.86 bits per heavy atom. The predicted octanol–water partition coefficient (Wildman–Crippen LogP) is 3.64. The molecule has 1 N–H and O–H groups in total. The summed E-state index contributed by atoms with van der Waals surface area (Å²) < 4.78 is 3.40. The fourth-order valence-electron chi connectivity index (χ4n) is 3.29. The molecule has 3 rings (SSSR count). The Morgan fingerprint density at radius 3 is 2.46 bits per heavy atom. The number of aryl methyl sites for hydroxylation is 1. The molecule has 28 heavy (non-hydrogen) atoms. The summed E-state index contributed by atoms with van der Waals surface area (Å²) in [6.07, 6.45) is 3.92. The second-order valence-corrected chi connectivity index (χ2v) is 6.81. The third-order valence-corrected chi connectivity index (χ3v) is 4.85. The fraction of sp³-hybridized carbons (Fsp3) is 0.300. The first-order valence-electron chi connectivity index (χ1n) is 9.03. The maximum absolute atomic E-state index is 12.7. The van der Waals surface area contributed by atoms with Crippen LogP contribution in [0.3, 0.4) is 0 Å². The van der Waals surface area contributed by atoms with Crippen molar-refractivity contribution in [3.8, 4) is 5.69 Å². The van der Waals surface area contributed by atoms with Crippen molar-refractivity contribution in [2.75, 3.05) is 0 Å². The Balaban J connectivity index is 1.77. The number of benzene rings is 1. The number of carbonyl (C=O) groups is 1. The monoisotopic (exact) mass is 381 g/mol. The summed E-state index contributed by atoms with van der Waals surface area (Å²) in [6.45, 7) is 6.76. The maximum atomic E-state index is 12.7. The van der Waals surface area contributed by atoms with Crippen molar-refractivity contribution in [3.63, 3.8) is 0 Å². The van der Waals surface area contributed by atoms with Crippen LogP contribution in [-0.2, 0) is 4.79 Å². The van der Waals surface area contributed by atoms with E-state index in [0.717, 1.165) is 11.3 Å². The van der Waals surface area contributed by atoms with E-state index < -0.39 is 11.0 Å². The van der Waals surface area contributed by atoms with Crippen LogP contribution in [0, 0.1) is 24.0 Å². The van der Waals surface area contributed by atoms with Crippen molar-refractivity contribution in [2.24, 2.45) is 0 Å². The van der Waals surface area contributed by atoms with Crippen molar-refractivity contribution in [1.82, 2.24) is 19.7 Å². The lowest BCUT2D eigenvalue weighted by molar-refractivity contribution is -0.386. The largest absolute Gasteiger partial charge is 0.348 e. The van der Waals surface area contributed by atoms with E-state index in [-0.39, 0.29) is 17.6 Å². The van der Waals surface area contributed by atoms with Crippen LogP contribution in [-0.4, -0.2) is 25.2 Å². The number of nitro groups is 1. The van der Waals surface area contributed by atoms with Gasteiger partial charge in [0.15, 0.2) is 0 Å². The van der Waals surface area contributed by atoms with Crippen LogP contribution in [0.2, 0.25) is 0 Å². The van der Waals surface area contributed by atoms with Crippen LogP contribution < -0.4 is 5.32 Å². The number of carbonyl (C=O) groups excluding carboxylic acids is 1. The van der Waals surface area contributed by atoms with Crippen LogP contribution in [0.5, 0.6) is 0 Å². The first-order chi connectivity index (χ1) is 13.3. The first kappa shape index (κ1) is 19.3. The molecule has 0 bridgehead atoms. The summed E-state index contributed by atoms with van der Waals surface area (Å²) in [7, 11) is 0. The molecule has 0 fully saturated rings. The topological polar surface area (TPSA) is 95.0 Å². The van der Waals surface area contributed by atoms with Gasteiger partial charge in [0.25, 0.3) is 0 Å². The zero-order valence-electron chi connectivity index (χ0n) is 16.3. The summed E-state index contributed by atoms with van der Waals surface area (Å²) in [5.41, 5.74) is 2.59. The van der Waals surface area contributed by atoms with Gasteiger partial charge in [0.1, 0.15) is 17.4 Å². The molecule has 0 saturated heterocycles. The zero-order valence-corrected chi connectivity index (χ0v) is 16.3. The SMILES string of the molecule is Cc1nn(C(C)C(=O)NC(C)c2cccc(-n3cccc3)c2)c(C)c1[N+](=O)[O-]. The first-order valence-corrected chi connectivity index (χ1v) is 9.03. The molecule has 1 amide bonds. The summed E-state index contributed by atoms with van der Waals surface area (Å²) in [4.78, 5) is 23.5. The number of amides is 1. The van der Waals surface area contributed by atoms with Crippen molar-refractivity contribution >= 4 is 11.6 Å². The smallest absolute Gasteiger partial charge is 0.312 e. The van der Waals surface area contributed by atoms with E-state index in [9.17, 15) is 14.9 Å². The summed E-state index contributed by atoms with van der Waals surface area (Å²) >= 11 is 0. The van der Waals surface area contributed by atoms with Crippen LogP contribution in [0.1, 0.15) is 42.9 Å². The minimum absolute atomic E-state index is 0.0490. The van der Waals surface area contributed by atoms with E-state index >= 15 is 0 Å². The quantitative estimate of drug-likeness (QED) is 0.521.